The number of halogens is 1. The zero-order chi connectivity index (χ0) is 21.1. The van der Waals surface area contributed by atoms with E-state index in [4.69, 9.17) is 33.3 Å². The van der Waals surface area contributed by atoms with E-state index in [0.29, 0.717) is 38.6 Å². The van der Waals surface area contributed by atoms with Crippen LogP contribution in [-0.2, 0) is 4.79 Å². The molecule has 152 valence electrons. The third kappa shape index (κ3) is 4.31. The third-order valence-electron chi connectivity index (χ3n) is 4.78. The number of amides is 1. The predicted molar refractivity (Wildman–Crippen MR) is 119 cm³/mol. The zero-order valence-corrected chi connectivity index (χ0v) is 18.1. The summed E-state index contributed by atoms with van der Waals surface area (Å²) in [6, 6.07) is 10.3. The maximum absolute atomic E-state index is 13.3. The van der Waals surface area contributed by atoms with Gasteiger partial charge in [-0.3, -0.25) is 4.79 Å². The van der Waals surface area contributed by atoms with Crippen LogP contribution in [0, 0.1) is 6.92 Å². The first kappa shape index (κ1) is 21.0. The Bertz CT molecular complexity index is 1010. The minimum atomic E-state index is -0.520. The molecule has 0 saturated heterocycles. The van der Waals surface area contributed by atoms with Gasteiger partial charge in [0.05, 0.1) is 25.8 Å². The molecule has 0 bridgehead atoms. The van der Waals surface area contributed by atoms with Crippen LogP contribution in [0.2, 0.25) is 5.02 Å². The van der Waals surface area contributed by atoms with Crippen LogP contribution in [0.25, 0.3) is 0 Å². The molecule has 0 aromatic heterocycles. The molecule has 2 aromatic rings. The van der Waals surface area contributed by atoms with Crippen molar-refractivity contribution in [1.29, 1.82) is 0 Å². The van der Waals surface area contributed by atoms with Crippen molar-refractivity contribution in [1.82, 2.24) is 10.6 Å². The second kappa shape index (κ2) is 8.71. The van der Waals surface area contributed by atoms with Crippen molar-refractivity contribution in [3.63, 3.8) is 0 Å². The number of ether oxygens (including phenoxy) is 2. The van der Waals surface area contributed by atoms with Gasteiger partial charge in [-0.15, -0.1) is 0 Å². The molecule has 0 aliphatic carbocycles. The number of thiocarbonyl (C=S) groups is 1. The number of hydrogen-bond donors (Lipinski definition) is 3. The number of carbonyl (C=O) groups is 1. The van der Waals surface area contributed by atoms with Crippen LogP contribution in [-0.4, -0.2) is 25.2 Å². The fourth-order valence-electron chi connectivity index (χ4n) is 3.23. The van der Waals surface area contributed by atoms with Gasteiger partial charge in [0.15, 0.2) is 5.11 Å². The van der Waals surface area contributed by atoms with Crippen molar-refractivity contribution in [2.24, 2.45) is 0 Å². The summed E-state index contributed by atoms with van der Waals surface area (Å²) in [5, 5.41) is 10.2. The molecule has 3 rings (SSSR count). The van der Waals surface area contributed by atoms with Crippen molar-refractivity contribution in [2.75, 3.05) is 19.5 Å². The summed E-state index contributed by atoms with van der Waals surface area (Å²) in [7, 11) is 3.17. The van der Waals surface area contributed by atoms with E-state index in [9.17, 15) is 4.79 Å². The maximum Gasteiger partial charge on any atom is 0.255 e. The van der Waals surface area contributed by atoms with Crippen LogP contribution in [0.3, 0.4) is 0 Å². The smallest absolute Gasteiger partial charge is 0.255 e. The first-order valence-electron chi connectivity index (χ1n) is 8.92. The minimum absolute atomic E-state index is 0.273. The highest BCUT2D eigenvalue weighted by Crippen LogP contribution is 2.36. The number of hydrogen-bond acceptors (Lipinski definition) is 4. The van der Waals surface area contributed by atoms with Crippen molar-refractivity contribution >= 4 is 40.5 Å². The first-order chi connectivity index (χ1) is 13.8. The Hall–Kier alpha value is -2.77. The monoisotopic (exact) mass is 431 g/mol. The van der Waals surface area contributed by atoms with E-state index in [-0.39, 0.29) is 5.91 Å². The molecule has 0 radical (unpaired) electrons. The van der Waals surface area contributed by atoms with E-state index in [1.165, 1.54) is 0 Å². The fourth-order valence-corrected chi connectivity index (χ4v) is 3.67. The highest BCUT2D eigenvalue weighted by atomic mass is 35.5. The van der Waals surface area contributed by atoms with Crippen LogP contribution in [0.15, 0.2) is 47.7 Å². The largest absolute Gasteiger partial charge is 0.497 e. The average Bonchev–Trinajstić information content (AvgIpc) is 2.70. The Morgan fingerprint density at radius 2 is 1.93 bits per heavy atom. The third-order valence-corrected chi connectivity index (χ3v) is 5.41. The van der Waals surface area contributed by atoms with Crippen molar-refractivity contribution < 1.29 is 14.3 Å². The Morgan fingerprint density at radius 3 is 2.62 bits per heavy atom. The molecule has 1 heterocycles. The molecule has 0 fully saturated rings. The normalized spacial score (nSPS) is 16.0. The lowest BCUT2D eigenvalue weighted by molar-refractivity contribution is -0.113. The van der Waals surface area contributed by atoms with Crippen molar-refractivity contribution in [3.8, 4) is 11.5 Å². The number of anilines is 1. The summed E-state index contributed by atoms with van der Waals surface area (Å²) < 4.78 is 10.9. The molecule has 0 spiro atoms. The van der Waals surface area contributed by atoms with Crippen LogP contribution >= 0.6 is 23.8 Å². The number of allylic oxidation sites excluding steroid dienone is 1. The Morgan fingerprint density at radius 1 is 1.17 bits per heavy atom. The zero-order valence-electron chi connectivity index (χ0n) is 16.6. The number of benzene rings is 2. The summed E-state index contributed by atoms with van der Waals surface area (Å²) in [5.41, 5.74) is 3.32. The van der Waals surface area contributed by atoms with Crippen LogP contribution in [0.5, 0.6) is 11.5 Å². The lowest BCUT2D eigenvalue weighted by atomic mass is 9.93. The molecule has 1 aliphatic heterocycles. The molecule has 29 heavy (non-hydrogen) atoms. The molecule has 1 atom stereocenters. The van der Waals surface area contributed by atoms with E-state index >= 15 is 0 Å². The lowest BCUT2D eigenvalue weighted by Gasteiger charge is -2.31. The van der Waals surface area contributed by atoms with Gasteiger partial charge >= 0.3 is 0 Å². The summed E-state index contributed by atoms with van der Waals surface area (Å²) >= 11 is 11.5. The van der Waals surface area contributed by atoms with E-state index in [0.717, 1.165) is 11.1 Å². The topological polar surface area (TPSA) is 71.6 Å². The van der Waals surface area contributed by atoms with Gasteiger partial charge in [-0.1, -0.05) is 17.7 Å². The van der Waals surface area contributed by atoms with E-state index < -0.39 is 6.04 Å². The average molecular weight is 432 g/mol. The predicted octanol–water partition coefficient (Wildman–Crippen LogP) is 4.10. The number of nitrogens with one attached hydrogen (secondary N) is 3. The van der Waals surface area contributed by atoms with Gasteiger partial charge in [-0.05, 0) is 62.0 Å². The summed E-state index contributed by atoms with van der Waals surface area (Å²) in [4.78, 5) is 13.3. The Balaban J connectivity index is 2.05. The first-order valence-corrected chi connectivity index (χ1v) is 9.71. The van der Waals surface area contributed by atoms with E-state index in [1.807, 2.05) is 26.0 Å². The molecule has 6 nitrogen and oxygen atoms in total. The van der Waals surface area contributed by atoms with Crippen molar-refractivity contribution in [2.45, 2.75) is 19.9 Å². The second-order valence-electron chi connectivity index (χ2n) is 6.54. The second-order valence-corrected chi connectivity index (χ2v) is 7.36. The van der Waals surface area contributed by atoms with Crippen molar-refractivity contribution in [3.05, 3.63) is 63.8 Å². The molecule has 0 unspecified atom stereocenters. The highest BCUT2D eigenvalue weighted by molar-refractivity contribution is 7.80. The van der Waals surface area contributed by atoms with Gasteiger partial charge in [0.2, 0.25) is 0 Å². The molecule has 1 amide bonds. The van der Waals surface area contributed by atoms with Crippen LogP contribution in [0.4, 0.5) is 5.69 Å². The molecular weight excluding hydrogens is 410 g/mol. The van der Waals surface area contributed by atoms with E-state index in [2.05, 4.69) is 16.0 Å². The fraction of sp³-hybridized carbons (Fsp3) is 0.238. The Kier molecular flexibility index (Phi) is 6.30. The highest BCUT2D eigenvalue weighted by Gasteiger charge is 2.32. The summed E-state index contributed by atoms with van der Waals surface area (Å²) in [5.74, 6) is 0.991. The standard InChI is InChI=1S/C21H22ClN3O3S/c1-11-15(22)6-5-7-16(11)24-20(26)18-12(2)23-21(29)25-19(18)14-10-13(27-3)8-9-17(14)28-4/h5-10,19H,1-4H3,(H,24,26)(H2,23,25,29)/t19-/m0/s1. The molecule has 0 saturated carbocycles. The summed E-state index contributed by atoms with van der Waals surface area (Å²) in [6.07, 6.45) is 0. The maximum atomic E-state index is 13.3. The number of carbonyl (C=O) groups excluding carboxylic acids is 1. The SMILES string of the molecule is COc1ccc(OC)c([C@@H]2NC(=S)NC(C)=C2C(=O)Nc2cccc(Cl)c2C)c1. The van der Waals surface area contributed by atoms with Gasteiger partial charge in [0.25, 0.3) is 5.91 Å². The van der Waals surface area contributed by atoms with Gasteiger partial charge in [0, 0.05) is 22.0 Å². The molecule has 8 heteroatoms. The molecular formula is C21H22ClN3O3S. The van der Waals surface area contributed by atoms with Gasteiger partial charge in [-0.25, -0.2) is 0 Å². The van der Waals surface area contributed by atoms with Gasteiger partial charge < -0.3 is 25.4 Å². The molecule has 3 N–H and O–H groups in total. The quantitative estimate of drug-likeness (QED) is 0.619. The van der Waals surface area contributed by atoms with E-state index in [1.54, 1.807) is 38.5 Å². The van der Waals surface area contributed by atoms with Gasteiger partial charge in [0.1, 0.15) is 11.5 Å². The number of methoxy groups -OCH3 is 2. The lowest BCUT2D eigenvalue weighted by Crippen LogP contribution is -2.45. The Labute approximate surface area is 180 Å². The number of rotatable bonds is 5. The van der Waals surface area contributed by atoms with Crippen LogP contribution < -0.4 is 25.4 Å². The van der Waals surface area contributed by atoms with Crippen LogP contribution in [0.1, 0.15) is 24.1 Å². The minimum Gasteiger partial charge on any atom is -0.497 e. The summed E-state index contributed by atoms with van der Waals surface area (Å²) in [6.45, 7) is 3.67. The molecule has 1 aliphatic rings. The van der Waals surface area contributed by atoms with Gasteiger partial charge in [-0.2, -0.15) is 0 Å². The molecule has 2 aromatic carbocycles.